The van der Waals surface area contributed by atoms with Crippen molar-refractivity contribution < 1.29 is 14.4 Å². The molecule has 2 aromatic carbocycles. The second kappa shape index (κ2) is 7.43. The summed E-state index contributed by atoms with van der Waals surface area (Å²) >= 11 is 0. The van der Waals surface area contributed by atoms with Crippen molar-refractivity contribution in [3.63, 3.8) is 0 Å². The molecular formula is C20H17N5O3. The van der Waals surface area contributed by atoms with Crippen LogP contribution in [0.1, 0.15) is 33.6 Å². The first-order valence-corrected chi connectivity index (χ1v) is 8.84. The van der Waals surface area contributed by atoms with Gasteiger partial charge in [-0.3, -0.25) is 19.3 Å². The van der Waals surface area contributed by atoms with Gasteiger partial charge in [0.15, 0.2) is 0 Å². The van der Waals surface area contributed by atoms with Crippen molar-refractivity contribution in [3.05, 3.63) is 72.3 Å². The lowest BCUT2D eigenvalue weighted by Crippen LogP contribution is -2.31. The molecule has 8 nitrogen and oxygen atoms in total. The molecule has 1 aromatic heterocycles. The van der Waals surface area contributed by atoms with Crippen molar-refractivity contribution in [2.24, 2.45) is 0 Å². The molecule has 0 spiro atoms. The van der Waals surface area contributed by atoms with Crippen LogP contribution in [-0.2, 0) is 4.79 Å². The van der Waals surface area contributed by atoms with Crippen LogP contribution >= 0.6 is 0 Å². The largest absolute Gasteiger partial charge is 0.324 e. The van der Waals surface area contributed by atoms with Crippen LogP contribution in [0.3, 0.4) is 0 Å². The highest BCUT2D eigenvalue weighted by atomic mass is 16.2. The number of carbonyl (C=O) groups excluding carboxylic acids is 3. The molecule has 0 atom stereocenters. The minimum Gasteiger partial charge on any atom is -0.324 e. The average molecular weight is 375 g/mol. The fraction of sp³-hybridized carbons (Fsp3) is 0.150. The number of amides is 3. The predicted octanol–water partition coefficient (Wildman–Crippen LogP) is 2.28. The Bertz CT molecular complexity index is 1010. The number of fused-ring (bicyclic) bond motifs is 1. The van der Waals surface area contributed by atoms with Gasteiger partial charge in [0, 0.05) is 13.0 Å². The van der Waals surface area contributed by atoms with E-state index >= 15 is 0 Å². The first kappa shape index (κ1) is 17.6. The van der Waals surface area contributed by atoms with Crippen LogP contribution in [0, 0.1) is 0 Å². The number of anilines is 1. The Balaban J connectivity index is 1.36. The van der Waals surface area contributed by atoms with E-state index in [1.165, 1.54) is 11.2 Å². The Labute approximate surface area is 160 Å². The monoisotopic (exact) mass is 375 g/mol. The predicted molar refractivity (Wildman–Crippen MR) is 101 cm³/mol. The Morgan fingerprint density at radius 3 is 2.32 bits per heavy atom. The van der Waals surface area contributed by atoms with E-state index in [-0.39, 0.29) is 30.7 Å². The zero-order chi connectivity index (χ0) is 19.5. The molecule has 4 rings (SSSR count). The third-order valence-corrected chi connectivity index (χ3v) is 4.51. The van der Waals surface area contributed by atoms with E-state index in [1.54, 1.807) is 41.3 Å². The first-order chi connectivity index (χ1) is 13.6. The normalized spacial score (nSPS) is 12.9. The highest BCUT2D eigenvalue weighted by Gasteiger charge is 2.34. The van der Waals surface area contributed by atoms with Crippen molar-refractivity contribution in [2.75, 3.05) is 11.9 Å². The minimum absolute atomic E-state index is 0.180. The quantitative estimate of drug-likeness (QED) is 0.667. The number of carbonyl (C=O) groups is 3. The standard InChI is InChI=1S/C20H17N5O3/c26-18(23-16-8-3-4-9-17(16)25-13-21-12-22-25)10-5-11-24-19(27)14-6-1-2-7-15(14)20(24)28/h1-4,6-9,12-13H,5,10-11H2,(H,23,26). The van der Waals surface area contributed by atoms with Gasteiger partial charge in [-0.05, 0) is 30.7 Å². The van der Waals surface area contributed by atoms with Crippen molar-refractivity contribution in [3.8, 4) is 5.69 Å². The number of para-hydroxylation sites is 2. The van der Waals surface area contributed by atoms with Crippen LogP contribution in [0.25, 0.3) is 5.69 Å². The number of imide groups is 1. The van der Waals surface area contributed by atoms with Crippen molar-refractivity contribution in [1.82, 2.24) is 19.7 Å². The molecule has 0 aliphatic carbocycles. The second-order valence-corrected chi connectivity index (χ2v) is 6.32. The summed E-state index contributed by atoms with van der Waals surface area (Å²) in [5.74, 6) is -0.820. The number of nitrogens with zero attached hydrogens (tertiary/aromatic N) is 4. The van der Waals surface area contributed by atoms with Gasteiger partial charge in [0.25, 0.3) is 11.8 Å². The number of aromatic nitrogens is 3. The van der Waals surface area contributed by atoms with Gasteiger partial charge in [-0.1, -0.05) is 24.3 Å². The third-order valence-electron chi connectivity index (χ3n) is 4.51. The maximum absolute atomic E-state index is 12.3. The number of nitrogens with one attached hydrogen (secondary N) is 1. The van der Waals surface area contributed by atoms with E-state index < -0.39 is 0 Å². The fourth-order valence-corrected chi connectivity index (χ4v) is 3.16. The zero-order valence-corrected chi connectivity index (χ0v) is 14.9. The molecule has 0 radical (unpaired) electrons. The van der Waals surface area contributed by atoms with Crippen LogP contribution in [-0.4, -0.2) is 43.9 Å². The Hall–Kier alpha value is -3.81. The average Bonchev–Trinajstić information content (AvgIpc) is 3.32. The maximum Gasteiger partial charge on any atom is 0.261 e. The van der Waals surface area contributed by atoms with Crippen molar-refractivity contribution >= 4 is 23.4 Å². The molecule has 1 aliphatic rings. The van der Waals surface area contributed by atoms with Gasteiger partial charge in [0.05, 0.1) is 22.5 Å². The van der Waals surface area contributed by atoms with Crippen molar-refractivity contribution in [1.29, 1.82) is 0 Å². The van der Waals surface area contributed by atoms with Crippen LogP contribution < -0.4 is 5.32 Å². The van der Waals surface area contributed by atoms with Crippen molar-refractivity contribution in [2.45, 2.75) is 12.8 Å². The molecule has 140 valence electrons. The molecule has 0 unspecified atom stereocenters. The Kier molecular flexibility index (Phi) is 4.67. The van der Waals surface area contributed by atoms with E-state index in [0.717, 1.165) is 0 Å². The molecule has 0 bridgehead atoms. The lowest BCUT2D eigenvalue weighted by molar-refractivity contribution is -0.116. The molecule has 0 saturated heterocycles. The van der Waals surface area contributed by atoms with Gasteiger partial charge >= 0.3 is 0 Å². The highest BCUT2D eigenvalue weighted by Crippen LogP contribution is 2.23. The molecule has 3 aromatic rings. The molecular weight excluding hydrogens is 358 g/mol. The highest BCUT2D eigenvalue weighted by molar-refractivity contribution is 6.21. The summed E-state index contributed by atoms with van der Waals surface area (Å²) in [6.07, 6.45) is 3.52. The molecule has 8 heteroatoms. The number of rotatable bonds is 6. The first-order valence-electron chi connectivity index (χ1n) is 8.84. The fourth-order valence-electron chi connectivity index (χ4n) is 3.16. The smallest absolute Gasteiger partial charge is 0.261 e. The van der Waals surface area contributed by atoms with Crippen LogP contribution in [0.2, 0.25) is 0 Å². The van der Waals surface area contributed by atoms with E-state index in [1.807, 2.05) is 18.2 Å². The van der Waals surface area contributed by atoms with Gasteiger partial charge in [-0.2, -0.15) is 5.10 Å². The second-order valence-electron chi connectivity index (χ2n) is 6.32. The number of hydrogen-bond donors (Lipinski definition) is 1. The van der Waals surface area contributed by atoms with Crippen LogP contribution in [0.5, 0.6) is 0 Å². The maximum atomic E-state index is 12.3. The molecule has 28 heavy (non-hydrogen) atoms. The summed E-state index contributed by atoms with van der Waals surface area (Å²) in [5, 5.41) is 6.93. The number of benzene rings is 2. The lowest BCUT2D eigenvalue weighted by atomic mass is 10.1. The topological polar surface area (TPSA) is 97.2 Å². The molecule has 1 N–H and O–H groups in total. The summed E-state index contributed by atoms with van der Waals surface area (Å²) in [7, 11) is 0. The molecule has 0 saturated carbocycles. The number of hydrogen-bond acceptors (Lipinski definition) is 5. The molecule has 1 aliphatic heterocycles. The van der Waals surface area contributed by atoms with Gasteiger partial charge in [0.1, 0.15) is 12.7 Å². The molecule has 3 amide bonds. The summed E-state index contributed by atoms with van der Waals surface area (Å²) < 4.78 is 1.56. The van der Waals surface area contributed by atoms with E-state index in [9.17, 15) is 14.4 Å². The summed E-state index contributed by atoms with van der Waals surface area (Å²) in [5.41, 5.74) is 2.14. The summed E-state index contributed by atoms with van der Waals surface area (Å²) in [6.45, 7) is 0.199. The van der Waals surface area contributed by atoms with Gasteiger partial charge in [0.2, 0.25) is 5.91 Å². The van der Waals surface area contributed by atoms with Gasteiger partial charge in [-0.25, -0.2) is 9.67 Å². The van der Waals surface area contributed by atoms with Crippen LogP contribution in [0.15, 0.2) is 61.2 Å². The summed E-state index contributed by atoms with van der Waals surface area (Å²) in [6, 6.07) is 14.0. The van der Waals surface area contributed by atoms with Gasteiger partial charge in [-0.15, -0.1) is 0 Å². The zero-order valence-electron chi connectivity index (χ0n) is 14.9. The lowest BCUT2D eigenvalue weighted by Gasteiger charge is -2.14. The van der Waals surface area contributed by atoms with E-state index in [4.69, 9.17) is 0 Å². The third kappa shape index (κ3) is 3.27. The van der Waals surface area contributed by atoms with E-state index in [0.29, 0.717) is 28.9 Å². The SMILES string of the molecule is O=C(CCCN1C(=O)c2ccccc2C1=O)Nc1ccccc1-n1cncn1. The van der Waals surface area contributed by atoms with Gasteiger partial charge < -0.3 is 5.32 Å². The molecule has 2 heterocycles. The Morgan fingerprint density at radius 1 is 0.964 bits per heavy atom. The minimum atomic E-state index is -0.308. The molecule has 0 fully saturated rings. The Morgan fingerprint density at radius 2 is 1.64 bits per heavy atom. The van der Waals surface area contributed by atoms with E-state index in [2.05, 4.69) is 15.4 Å². The van der Waals surface area contributed by atoms with Crippen LogP contribution in [0.4, 0.5) is 5.69 Å². The summed E-state index contributed by atoms with van der Waals surface area (Å²) in [4.78, 5) is 42.1.